The molecule has 2 aliphatic heterocycles. The minimum atomic E-state index is -4.88. The molecule has 2 aromatic rings. The van der Waals surface area contributed by atoms with Gasteiger partial charge in [-0.3, -0.25) is 0 Å². The molecular formula is C38H42F4N2O2Ti. The molecule has 2 fully saturated rings. The number of rotatable bonds is 14. The summed E-state index contributed by atoms with van der Waals surface area (Å²) in [6.07, 6.45) is 18.0. The van der Waals surface area contributed by atoms with Crippen LogP contribution in [0.2, 0.25) is 8.45 Å². The van der Waals surface area contributed by atoms with E-state index in [1.807, 2.05) is 34.1 Å². The molecule has 248 valence electrons. The molecule has 0 unspecified atom stereocenters. The van der Waals surface area contributed by atoms with Crippen LogP contribution in [0.25, 0.3) is 0 Å². The number of ether oxygens (including phenoxy) is 2. The van der Waals surface area contributed by atoms with Gasteiger partial charge in [0, 0.05) is 0 Å². The Morgan fingerprint density at radius 2 is 1.04 bits per heavy atom. The zero-order valence-corrected chi connectivity index (χ0v) is 28.6. The van der Waals surface area contributed by atoms with E-state index >= 15 is 17.6 Å². The molecule has 0 atom stereocenters. The summed E-state index contributed by atoms with van der Waals surface area (Å²) in [7, 11) is 0. The standard InChI is InChI=1S/2C14H16F2NO.2C5H5.Ti/c2*1-3-6-18-10-14(2)8-17(9-14)13-5-4-11(15)7-12(13)16;2*1-2-4-5-3-1;/h2*3-5H,1,6,8-10H2,2H3;2*1-5H;. The van der Waals surface area contributed by atoms with Crippen LogP contribution in [0.15, 0.2) is 98.2 Å². The summed E-state index contributed by atoms with van der Waals surface area (Å²) >= 11 is -4.88. The van der Waals surface area contributed by atoms with Gasteiger partial charge >= 0.3 is 280 Å². The first-order chi connectivity index (χ1) is 22.6. The average molecular weight is 683 g/mol. The number of hydrogen-bond acceptors (Lipinski definition) is 4. The van der Waals surface area contributed by atoms with E-state index in [4.69, 9.17) is 9.47 Å². The molecule has 0 spiro atoms. The van der Waals surface area contributed by atoms with Crippen LogP contribution in [-0.4, -0.2) is 52.6 Å². The van der Waals surface area contributed by atoms with E-state index in [1.54, 1.807) is 36.5 Å². The van der Waals surface area contributed by atoms with Crippen LogP contribution in [0.3, 0.4) is 0 Å². The fourth-order valence-electron chi connectivity index (χ4n) is 7.87. The van der Waals surface area contributed by atoms with Crippen LogP contribution in [0.5, 0.6) is 0 Å². The molecule has 2 aromatic carbocycles. The maximum atomic E-state index is 17.2. The molecule has 9 heteroatoms. The van der Waals surface area contributed by atoms with Crippen molar-refractivity contribution in [2.45, 2.75) is 22.3 Å². The van der Waals surface area contributed by atoms with Crippen LogP contribution in [0.4, 0.5) is 28.9 Å². The Labute approximate surface area is 278 Å². The summed E-state index contributed by atoms with van der Waals surface area (Å²) < 4.78 is 77.4. The molecule has 0 bridgehead atoms. The SMILES string of the molecule is C=CCOCC1(C)CN(c2ccc(F)[c]([Ti]([c]3c(F)ccc(N4CC(C)(COCC=C)C4)c3F)([CH]3C=CC=C3)[CH]3C=CC=C3)c2F)C1. The molecule has 0 saturated carbocycles. The van der Waals surface area contributed by atoms with Crippen molar-refractivity contribution in [3.05, 3.63) is 121 Å². The number of nitrogens with zero attached hydrogens (tertiary/aromatic N) is 2. The Kier molecular flexibility index (Phi) is 9.61. The fourth-order valence-corrected chi connectivity index (χ4v) is 16.7. The molecule has 0 radical (unpaired) electrons. The van der Waals surface area contributed by atoms with Gasteiger partial charge in [0.1, 0.15) is 0 Å². The van der Waals surface area contributed by atoms with Gasteiger partial charge in [0.25, 0.3) is 0 Å². The normalized spacial score (nSPS) is 19.8. The first-order valence-electron chi connectivity index (χ1n) is 16.1. The van der Waals surface area contributed by atoms with Crippen molar-refractivity contribution in [1.29, 1.82) is 0 Å². The molecular weight excluding hydrogens is 640 g/mol. The first-order valence-corrected chi connectivity index (χ1v) is 19.5. The molecule has 4 aliphatic rings. The van der Waals surface area contributed by atoms with Crippen LogP contribution in [0.1, 0.15) is 13.8 Å². The minimum absolute atomic E-state index is 0.164. The predicted octanol–water partition coefficient (Wildman–Crippen LogP) is 7.23. The second-order valence-electron chi connectivity index (χ2n) is 13.9. The van der Waals surface area contributed by atoms with Gasteiger partial charge in [-0.05, 0) is 0 Å². The third-order valence-corrected chi connectivity index (χ3v) is 18.4. The van der Waals surface area contributed by atoms with Crippen LogP contribution in [-0.2, 0) is 26.1 Å². The van der Waals surface area contributed by atoms with Gasteiger partial charge < -0.3 is 0 Å². The van der Waals surface area contributed by atoms with E-state index in [9.17, 15) is 0 Å². The fraction of sp³-hybridized carbons (Fsp3) is 0.368. The molecule has 0 amide bonds. The zero-order chi connectivity index (χ0) is 33.4. The van der Waals surface area contributed by atoms with Gasteiger partial charge in [-0.2, -0.15) is 0 Å². The Hall–Kier alpha value is -3.17. The van der Waals surface area contributed by atoms with Crippen molar-refractivity contribution >= 4 is 19.1 Å². The molecule has 6 rings (SSSR count). The van der Waals surface area contributed by atoms with E-state index in [2.05, 4.69) is 27.0 Å². The summed E-state index contributed by atoms with van der Waals surface area (Å²) in [6, 6.07) is 5.44. The van der Waals surface area contributed by atoms with Crippen molar-refractivity contribution in [2.75, 3.05) is 62.4 Å². The Bertz CT molecular complexity index is 1510. The number of hydrogen-bond donors (Lipinski definition) is 0. The van der Waals surface area contributed by atoms with E-state index in [0.29, 0.717) is 52.6 Å². The van der Waals surface area contributed by atoms with E-state index in [0.717, 1.165) is 0 Å². The van der Waals surface area contributed by atoms with Crippen molar-refractivity contribution < 1.29 is 43.6 Å². The number of allylic oxidation sites excluding steroid dienone is 8. The quantitative estimate of drug-likeness (QED) is 0.0909. The Morgan fingerprint density at radius 3 is 1.38 bits per heavy atom. The van der Waals surface area contributed by atoms with Gasteiger partial charge in [-0.25, -0.2) is 0 Å². The molecule has 0 N–H and O–H groups in total. The summed E-state index contributed by atoms with van der Waals surface area (Å²) in [5, 5.41) is 0. The third kappa shape index (κ3) is 6.03. The monoisotopic (exact) mass is 682 g/mol. The third-order valence-electron chi connectivity index (χ3n) is 9.86. The second kappa shape index (κ2) is 13.4. The van der Waals surface area contributed by atoms with Crippen molar-refractivity contribution in [3.63, 3.8) is 0 Å². The number of benzene rings is 2. The summed E-state index contributed by atoms with van der Waals surface area (Å²) in [4.78, 5) is 3.73. The van der Waals surface area contributed by atoms with Crippen molar-refractivity contribution in [3.8, 4) is 0 Å². The summed E-state index contributed by atoms with van der Waals surface area (Å²) in [5.74, 6) is -3.01. The van der Waals surface area contributed by atoms with Crippen LogP contribution >= 0.6 is 0 Å². The van der Waals surface area contributed by atoms with E-state index in [1.165, 1.54) is 24.3 Å². The van der Waals surface area contributed by atoms with Gasteiger partial charge in [0.05, 0.1) is 0 Å². The van der Waals surface area contributed by atoms with Gasteiger partial charge in [0.15, 0.2) is 0 Å². The molecule has 2 aliphatic carbocycles. The van der Waals surface area contributed by atoms with Gasteiger partial charge in [0.2, 0.25) is 0 Å². The topological polar surface area (TPSA) is 24.9 Å². The average Bonchev–Trinajstić information content (AvgIpc) is 3.74. The molecule has 4 nitrogen and oxygen atoms in total. The number of anilines is 2. The first kappa shape index (κ1) is 33.7. The van der Waals surface area contributed by atoms with Crippen LogP contribution < -0.4 is 17.5 Å². The van der Waals surface area contributed by atoms with Gasteiger partial charge in [-0.1, -0.05) is 0 Å². The Morgan fingerprint density at radius 1 is 0.681 bits per heavy atom. The van der Waals surface area contributed by atoms with E-state index < -0.39 is 48.3 Å². The molecule has 2 heterocycles. The molecule has 0 aromatic heterocycles. The summed E-state index contributed by atoms with van der Waals surface area (Å²) in [5.41, 5.74) is 0.0468. The van der Waals surface area contributed by atoms with Gasteiger partial charge in [-0.15, -0.1) is 0 Å². The van der Waals surface area contributed by atoms with Crippen LogP contribution in [0, 0.1) is 34.1 Å². The van der Waals surface area contributed by atoms with Crippen molar-refractivity contribution in [2.24, 2.45) is 10.8 Å². The Balaban J connectivity index is 1.47. The zero-order valence-electron chi connectivity index (χ0n) is 27.0. The second-order valence-corrected chi connectivity index (χ2v) is 20.3. The number of halogens is 4. The summed E-state index contributed by atoms with van der Waals surface area (Å²) in [6.45, 7) is 15.3. The molecule has 47 heavy (non-hydrogen) atoms. The molecule has 2 saturated heterocycles. The van der Waals surface area contributed by atoms with Crippen molar-refractivity contribution in [1.82, 2.24) is 0 Å². The van der Waals surface area contributed by atoms with E-state index in [-0.39, 0.29) is 29.9 Å². The predicted molar refractivity (Wildman–Crippen MR) is 179 cm³/mol. The maximum absolute atomic E-state index is 17.2.